The first kappa shape index (κ1) is 27.8. The minimum Gasteiger partial charge on any atom is -0.490 e. The summed E-state index contributed by atoms with van der Waals surface area (Å²) in [6.45, 7) is 2.76. The third kappa shape index (κ3) is 7.87. The number of aromatic amines is 1. The van der Waals surface area contributed by atoms with Crippen LogP contribution in [0.25, 0.3) is 22.2 Å². The Bertz CT molecular complexity index is 1350. The predicted octanol–water partition coefficient (Wildman–Crippen LogP) is 8.90. The molecule has 0 bridgehead atoms. The smallest absolute Gasteiger partial charge is 0.339 e. The third-order valence-electron chi connectivity index (χ3n) is 6.77. The molecule has 0 spiro atoms. The first-order chi connectivity index (χ1) is 18.6. The lowest BCUT2D eigenvalue weighted by molar-refractivity contribution is 0.295. The maximum absolute atomic E-state index is 12.9. The van der Waals surface area contributed by atoms with E-state index in [-0.39, 0.29) is 10.6 Å². The maximum atomic E-state index is 12.9. The number of hydrogen-bond acceptors (Lipinski definition) is 4. The highest BCUT2D eigenvalue weighted by Crippen LogP contribution is 2.35. The quantitative estimate of drug-likeness (QED) is 0.115. The molecule has 6 heteroatoms. The van der Waals surface area contributed by atoms with Crippen LogP contribution in [-0.4, -0.2) is 20.0 Å². The van der Waals surface area contributed by atoms with E-state index < -0.39 is 10.1 Å². The van der Waals surface area contributed by atoms with Gasteiger partial charge < -0.3 is 13.9 Å². The molecular formula is C32H39NO4S. The van der Waals surface area contributed by atoms with Gasteiger partial charge in [-0.15, -0.1) is 0 Å². The van der Waals surface area contributed by atoms with Gasteiger partial charge in [0.1, 0.15) is 4.90 Å². The molecule has 1 heterocycles. The van der Waals surface area contributed by atoms with E-state index in [1.807, 2.05) is 30.3 Å². The van der Waals surface area contributed by atoms with Crippen molar-refractivity contribution in [3.8, 4) is 22.8 Å². The van der Waals surface area contributed by atoms with Crippen molar-refractivity contribution in [3.05, 3.63) is 78.9 Å². The molecule has 202 valence electrons. The van der Waals surface area contributed by atoms with Crippen molar-refractivity contribution >= 4 is 21.0 Å². The van der Waals surface area contributed by atoms with Crippen LogP contribution in [-0.2, 0) is 10.1 Å². The van der Waals surface area contributed by atoms with Gasteiger partial charge in [-0.25, -0.2) is 0 Å². The molecule has 0 radical (unpaired) electrons. The van der Waals surface area contributed by atoms with Crippen molar-refractivity contribution in [1.82, 2.24) is 4.98 Å². The van der Waals surface area contributed by atoms with Crippen LogP contribution < -0.4 is 8.92 Å². The summed E-state index contributed by atoms with van der Waals surface area (Å²) in [6, 6.07) is 23.7. The first-order valence-corrected chi connectivity index (χ1v) is 15.3. The summed E-state index contributed by atoms with van der Waals surface area (Å²) in [5.74, 6) is 0.623. The highest BCUT2D eigenvalue weighted by molar-refractivity contribution is 7.87. The second kappa shape index (κ2) is 14.1. The van der Waals surface area contributed by atoms with Crippen molar-refractivity contribution in [1.29, 1.82) is 0 Å². The molecule has 0 amide bonds. The SMILES string of the molecule is CCCCCCCCCCCCOc1cc(-c2cc3ccccc3[nH]2)ccc1OS(=O)(=O)c1ccccc1. The van der Waals surface area contributed by atoms with Crippen molar-refractivity contribution < 1.29 is 17.3 Å². The number of para-hydroxylation sites is 1. The molecular weight excluding hydrogens is 494 g/mol. The molecule has 4 aromatic rings. The zero-order valence-electron chi connectivity index (χ0n) is 22.3. The van der Waals surface area contributed by atoms with E-state index in [0.29, 0.717) is 12.4 Å². The third-order valence-corrected chi connectivity index (χ3v) is 8.02. The van der Waals surface area contributed by atoms with Crippen LogP contribution in [0.2, 0.25) is 0 Å². The number of benzene rings is 3. The Morgan fingerprint density at radius 2 is 1.34 bits per heavy atom. The Labute approximate surface area is 227 Å². The number of H-pyrrole nitrogens is 1. The second-order valence-corrected chi connectivity index (χ2v) is 11.4. The number of hydrogen-bond donors (Lipinski definition) is 1. The van der Waals surface area contributed by atoms with Gasteiger partial charge in [-0.05, 0) is 48.9 Å². The van der Waals surface area contributed by atoms with Gasteiger partial charge in [0.15, 0.2) is 11.5 Å². The van der Waals surface area contributed by atoms with Gasteiger partial charge in [0.2, 0.25) is 0 Å². The Hall–Kier alpha value is -3.25. The number of nitrogens with one attached hydrogen (secondary N) is 1. The Morgan fingerprint density at radius 3 is 2.05 bits per heavy atom. The van der Waals surface area contributed by atoms with Gasteiger partial charge in [-0.3, -0.25) is 0 Å². The second-order valence-electron chi connectivity index (χ2n) is 9.81. The first-order valence-electron chi connectivity index (χ1n) is 13.9. The molecule has 0 unspecified atom stereocenters. The molecule has 0 fully saturated rings. The summed E-state index contributed by atoms with van der Waals surface area (Å²) < 4.78 is 37.5. The van der Waals surface area contributed by atoms with Gasteiger partial charge in [0.05, 0.1) is 6.61 Å². The van der Waals surface area contributed by atoms with E-state index in [2.05, 4.69) is 24.0 Å². The number of rotatable bonds is 16. The van der Waals surface area contributed by atoms with Crippen molar-refractivity contribution in [2.24, 2.45) is 0 Å². The molecule has 0 aliphatic rings. The van der Waals surface area contributed by atoms with Crippen LogP contribution in [0.4, 0.5) is 0 Å². The average Bonchev–Trinajstić information content (AvgIpc) is 3.37. The molecule has 1 N–H and O–H groups in total. The van der Waals surface area contributed by atoms with Crippen molar-refractivity contribution in [2.45, 2.75) is 76.0 Å². The molecule has 5 nitrogen and oxygen atoms in total. The summed E-state index contributed by atoms with van der Waals surface area (Å²) in [5, 5.41) is 1.11. The zero-order valence-corrected chi connectivity index (χ0v) is 23.1. The summed E-state index contributed by atoms with van der Waals surface area (Å²) in [5.41, 5.74) is 2.89. The molecule has 3 aromatic carbocycles. The van der Waals surface area contributed by atoms with E-state index in [1.54, 1.807) is 24.3 Å². The van der Waals surface area contributed by atoms with E-state index >= 15 is 0 Å². The van der Waals surface area contributed by atoms with Gasteiger partial charge in [-0.2, -0.15) is 8.42 Å². The number of fused-ring (bicyclic) bond motifs is 1. The largest absolute Gasteiger partial charge is 0.490 e. The van der Waals surface area contributed by atoms with E-state index in [0.717, 1.165) is 35.0 Å². The van der Waals surface area contributed by atoms with Crippen LogP contribution in [0.1, 0.15) is 71.1 Å². The number of aromatic nitrogens is 1. The van der Waals surface area contributed by atoms with Gasteiger partial charge in [-0.1, -0.05) is 101 Å². The monoisotopic (exact) mass is 533 g/mol. The summed E-state index contributed by atoms with van der Waals surface area (Å²) in [4.78, 5) is 3.54. The van der Waals surface area contributed by atoms with Gasteiger partial charge >= 0.3 is 10.1 Å². The minimum atomic E-state index is -3.98. The van der Waals surface area contributed by atoms with E-state index in [1.165, 1.54) is 63.5 Å². The molecule has 4 rings (SSSR count). The van der Waals surface area contributed by atoms with E-state index in [9.17, 15) is 8.42 Å². The standard InChI is InChI=1S/C32H39NO4S/c1-2-3-4-5-6-7-8-9-10-16-23-36-32-25-27(30-24-26-17-14-15-20-29(26)33-30)21-22-31(32)37-38(34,35)28-18-12-11-13-19-28/h11-15,17-22,24-25,33H,2-10,16,23H2,1H3. The topological polar surface area (TPSA) is 68.4 Å². The van der Waals surface area contributed by atoms with Gasteiger partial charge in [0.25, 0.3) is 0 Å². The zero-order chi connectivity index (χ0) is 26.6. The lowest BCUT2D eigenvalue weighted by Gasteiger charge is -2.14. The minimum absolute atomic E-state index is 0.111. The van der Waals surface area contributed by atoms with Crippen LogP contribution >= 0.6 is 0 Å². The fourth-order valence-electron chi connectivity index (χ4n) is 4.61. The fourth-order valence-corrected chi connectivity index (χ4v) is 5.57. The highest BCUT2D eigenvalue weighted by Gasteiger charge is 2.20. The van der Waals surface area contributed by atoms with Crippen molar-refractivity contribution in [2.75, 3.05) is 6.61 Å². The Morgan fingerprint density at radius 1 is 0.684 bits per heavy atom. The summed E-state index contributed by atoms with van der Waals surface area (Å²) in [7, 11) is -3.98. The summed E-state index contributed by atoms with van der Waals surface area (Å²) >= 11 is 0. The van der Waals surface area contributed by atoms with Crippen molar-refractivity contribution in [3.63, 3.8) is 0 Å². The van der Waals surface area contributed by atoms with Crippen LogP contribution in [0.3, 0.4) is 0 Å². The van der Waals surface area contributed by atoms with Crippen LogP contribution in [0, 0.1) is 0 Å². The van der Waals surface area contributed by atoms with Gasteiger partial charge in [0, 0.05) is 22.2 Å². The Kier molecular flexibility index (Phi) is 10.3. The normalized spacial score (nSPS) is 11.6. The van der Waals surface area contributed by atoms with Crippen LogP contribution in [0.5, 0.6) is 11.5 Å². The molecule has 0 saturated heterocycles. The lowest BCUT2D eigenvalue weighted by Crippen LogP contribution is -2.11. The molecule has 0 atom stereocenters. The average molecular weight is 534 g/mol. The molecule has 38 heavy (non-hydrogen) atoms. The molecule has 1 aromatic heterocycles. The lowest BCUT2D eigenvalue weighted by atomic mass is 10.1. The molecule has 0 aliphatic carbocycles. The highest BCUT2D eigenvalue weighted by atomic mass is 32.2. The van der Waals surface area contributed by atoms with Crippen LogP contribution in [0.15, 0.2) is 83.8 Å². The van der Waals surface area contributed by atoms with E-state index in [4.69, 9.17) is 8.92 Å². The maximum Gasteiger partial charge on any atom is 0.339 e. The number of unbranched alkanes of at least 4 members (excludes halogenated alkanes) is 9. The summed E-state index contributed by atoms with van der Waals surface area (Å²) in [6.07, 6.45) is 12.4. The fraction of sp³-hybridized carbons (Fsp3) is 0.375. The number of ether oxygens (including phenoxy) is 1. The molecule has 0 saturated carbocycles. The Balaban J connectivity index is 1.41. The molecule has 0 aliphatic heterocycles. The predicted molar refractivity (Wildman–Crippen MR) is 155 cm³/mol.